The molecule has 1 aromatic rings. The van der Waals surface area contributed by atoms with E-state index in [0.29, 0.717) is 12.5 Å². The van der Waals surface area contributed by atoms with Gasteiger partial charge in [0, 0.05) is 19.5 Å². The lowest BCUT2D eigenvalue weighted by Crippen LogP contribution is -2.32. The third-order valence-electron chi connectivity index (χ3n) is 2.65. The van der Waals surface area contributed by atoms with Gasteiger partial charge in [0.2, 0.25) is 15.9 Å². The van der Waals surface area contributed by atoms with Crippen LogP contribution >= 0.6 is 0 Å². The van der Waals surface area contributed by atoms with Crippen molar-refractivity contribution in [3.05, 3.63) is 29.8 Å². The predicted octanol–water partition coefficient (Wildman–Crippen LogP) is 0.999. The average Bonchev–Trinajstić information content (AvgIpc) is 2.44. The van der Waals surface area contributed by atoms with Gasteiger partial charge in [-0.05, 0) is 18.1 Å². The highest BCUT2D eigenvalue weighted by Crippen LogP contribution is 2.13. The summed E-state index contributed by atoms with van der Waals surface area (Å²) in [4.78, 5) is 11.4. The number of rotatable bonds is 7. The van der Waals surface area contributed by atoms with Crippen LogP contribution in [0.15, 0.2) is 29.2 Å². The summed E-state index contributed by atoms with van der Waals surface area (Å²) >= 11 is 0. The highest BCUT2D eigenvalue weighted by Gasteiger charge is 2.17. The van der Waals surface area contributed by atoms with Crippen molar-refractivity contribution in [1.82, 2.24) is 10.0 Å². The molecular formula is C14H19N3O3S. The van der Waals surface area contributed by atoms with E-state index in [9.17, 15) is 13.2 Å². The molecule has 114 valence electrons. The summed E-state index contributed by atoms with van der Waals surface area (Å²) in [6, 6.07) is 7.77. The SMILES string of the molecule is CC(C)CNC(=O)CCNS(=O)(=O)c1ccccc1C#N. The Hall–Kier alpha value is -1.91. The zero-order valence-corrected chi connectivity index (χ0v) is 12.9. The van der Waals surface area contributed by atoms with Crippen molar-refractivity contribution in [2.75, 3.05) is 13.1 Å². The van der Waals surface area contributed by atoms with E-state index in [4.69, 9.17) is 5.26 Å². The molecule has 0 spiro atoms. The maximum atomic E-state index is 12.1. The van der Waals surface area contributed by atoms with E-state index in [2.05, 4.69) is 10.0 Å². The molecular weight excluding hydrogens is 290 g/mol. The molecule has 21 heavy (non-hydrogen) atoms. The molecule has 0 saturated heterocycles. The topological polar surface area (TPSA) is 99.1 Å². The highest BCUT2D eigenvalue weighted by molar-refractivity contribution is 7.89. The first-order valence-corrected chi connectivity index (χ1v) is 8.10. The molecule has 0 fully saturated rings. The maximum absolute atomic E-state index is 12.1. The van der Waals surface area contributed by atoms with E-state index in [1.54, 1.807) is 12.1 Å². The Bertz CT molecular complexity index is 633. The molecule has 1 rings (SSSR count). The average molecular weight is 309 g/mol. The largest absolute Gasteiger partial charge is 0.356 e. The van der Waals surface area contributed by atoms with Gasteiger partial charge in [-0.1, -0.05) is 26.0 Å². The molecule has 7 heteroatoms. The molecule has 0 atom stereocenters. The number of hydrogen-bond donors (Lipinski definition) is 2. The predicted molar refractivity (Wildman–Crippen MR) is 78.8 cm³/mol. The fourth-order valence-electron chi connectivity index (χ4n) is 1.58. The highest BCUT2D eigenvalue weighted by atomic mass is 32.2. The van der Waals surface area contributed by atoms with Crippen molar-refractivity contribution in [3.63, 3.8) is 0 Å². The summed E-state index contributed by atoms with van der Waals surface area (Å²) < 4.78 is 26.5. The van der Waals surface area contributed by atoms with Crippen LogP contribution in [0.5, 0.6) is 0 Å². The van der Waals surface area contributed by atoms with Crippen LogP contribution in [-0.2, 0) is 14.8 Å². The molecule has 0 bridgehead atoms. The van der Waals surface area contributed by atoms with E-state index in [-0.39, 0.29) is 29.3 Å². The van der Waals surface area contributed by atoms with Crippen molar-refractivity contribution < 1.29 is 13.2 Å². The summed E-state index contributed by atoms with van der Waals surface area (Å²) in [5, 5.41) is 11.6. The Kier molecular flexibility index (Phi) is 6.34. The standard InChI is InChI=1S/C14H19N3O3S/c1-11(2)10-16-14(18)7-8-17-21(19,20)13-6-4-3-5-12(13)9-15/h3-6,11,17H,7-8,10H2,1-2H3,(H,16,18). The Balaban J connectivity index is 2.58. The Labute approximate surface area is 125 Å². The monoisotopic (exact) mass is 309 g/mol. The Morgan fingerprint density at radius 3 is 2.62 bits per heavy atom. The van der Waals surface area contributed by atoms with Crippen LogP contribution in [0.2, 0.25) is 0 Å². The van der Waals surface area contributed by atoms with Gasteiger partial charge >= 0.3 is 0 Å². The molecule has 0 unspecified atom stereocenters. The van der Waals surface area contributed by atoms with E-state index in [0.717, 1.165) is 0 Å². The zero-order valence-electron chi connectivity index (χ0n) is 12.1. The lowest BCUT2D eigenvalue weighted by molar-refractivity contribution is -0.121. The number of nitrogens with one attached hydrogen (secondary N) is 2. The number of nitrogens with zero attached hydrogens (tertiary/aromatic N) is 1. The van der Waals surface area contributed by atoms with Crippen LogP contribution in [0, 0.1) is 17.2 Å². The smallest absolute Gasteiger partial charge is 0.241 e. The molecule has 0 aliphatic rings. The van der Waals surface area contributed by atoms with Gasteiger partial charge in [-0.2, -0.15) is 5.26 Å². The molecule has 1 aromatic carbocycles. The first-order valence-electron chi connectivity index (χ1n) is 6.62. The van der Waals surface area contributed by atoms with Gasteiger partial charge in [0.15, 0.2) is 0 Å². The number of carbonyl (C=O) groups excluding carboxylic acids is 1. The van der Waals surface area contributed by atoms with Crippen molar-refractivity contribution in [2.24, 2.45) is 5.92 Å². The van der Waals surface area contributed by atoms with Gasteiger partial charge in [-0.15, -0.1) is 0 Å². The number of benzene rings is 1. The van der Waals surface area contributed by atoms with Gasteiger partial charge in [-0.25, -0.2) is 13.1 Å². The summed E-state index contributed by atoms with van der Waals surface area (Å²) in [5.41, 5.74) is 0.0780. The first kappa shape index (κ1) is 17.1. The third kappa shape index (κ3) is 5.53. The summed E-state index contributed by atoms with van der Waals surface area (Å²) in [6.07, 6.45) is 0.0562. The van der Waals surface area contributed by atoms with Crippen molar-refractivity contribution in [3.8, 4) is 6.07 Å². The van der Waals surface area contributed by atoms with Crippen LogP contribution in [-0.4, -0.2) is 27.4 Å². The second-order valence-corrected chi connectivity index (χ2v) is 6.69. The van der Waals surface area contributed by atoms with Gasteiger partial charge < -0.3 is 5.32 Å². The van der Waals surface area contributed by atoms with Crippen LogP contribution in [0.4, 0.5) is 0 Å². The van der Waals surface area contributed by atoms with E-state index >= 15 is 0 Å². The van der Waals surface area contributed by atoms with Gasteiger partial charge in [-0.3, -0.25) is 4.79 Å². The van der Waals surface area contributed by atoms with Crippen LogP contribution < -0.4 is 10.0 Å². The first-order chi connectivity index (χ1) is 9.86. The van der Waals surface area contributed by atoms with Crippen LogP contribution in [0.1, 0.15) is 25.8 Å². The lowest BCUT2D eigenvalue weighted by Gasteiger charge is -2.09. The molecule has 0 radical (unpaired) electrons. The third-order valence-corrected chi connectivity index (χ3v) is 4.17. The quantitative estimate of drug-likeness (QED) is 0.785. The lowest BCUT2D eigenvalue weighted by atomic mass is 10.2. The van der Waals surface area contributed by atoms with E-state index in [1.165, 1.54) is 12.1 Å². The minimum Gasteiger partial charge on any atom is -0.356 e. The number of hydrogen-bond acceptors (Lipinski definition) is 4. The summed E-state index contributed by atoms with van der Waals surface area (Å²) in [6.45, 7) is 4.50. The summed E-state index contributed by atoms with van der Waals surface area (Å²) in [7, 11) is -3.78. The molecule has 0 saturated carbocycles. The number of amides is 1. The second kappa shape index (κ2) is 7.76. The van der Waals surface area contributed by atoms with E-state index in [1.807, 2.05) is 19.9 Å². The fourth-order valence-corrected chi connectivity index (χ4v) is 2.76. The molecule has 0 aliphatic carbocycles. The molecule has 0 heterocycles. The fraction of sp³-hybridized carbons (Fsp3) is 0.429. The van der Waals surface area contributed by atoms with Crippen molar-refractivity contribution in [1.29, 1.82) is 5.26 Å². The van der Waals surface area contributed by atoms with Crippen molar-refractivity contribution in [2.45, 2.75) is 25.2 Å². The number of carbonyl (C=O) groups is 1. The minimum absolute atomic E-state index is 0.00791. The zero-order chi connectivity index (χ0) is 15.9. The number of sulfonamides is 1. The molecule has 0 aliphatic heterocycles. The summed E-state index contributed by atoms with van der Waals surface area (Å²) in [5.74, 6) is 0.133. The molecule has 6 nitrogen and oxygen atoms in total. The van der Waals surface area contributed by atoms with Crippen molar-refractivity contribution >= 4 is 15.9 Å². The molecule has 0 aromatic heterocycles. The van der Waals surface area contributed by atoms with Gasteiger partial charge in [0.1, 0.15) is 6.07 Å². The maximum Gasteiger partial charge on any atom is 0.241 e. The second-order valence-electron chi connectivity index (χ2n) is 4.95. The Morgan fingerprint density at radius 1 is 1.33 bits per heavy atom. The number of nitriles is 1. The molecule has 1 amide bonds. The van der Waals surface area contributed by atoms with Gasteiger partial charge in [0.25, 0.3) is 0 Å². The normalized spacial score (nSPS) is 11.1. The molecule has 2 N–H and O–H groups in total. The minimum atomic E-state index is -3.78. The van der Waals surface area contributed by atoms with E-state index < -0.39 is 10.0 Å². The Morgan fingerprint density at radius 2 is 2.00 bits per heavy atom. The van der Waals surface area contributed by atoms with Crippen LogP contribution in [0.3, 0.4) is 0 Å². The van der Waals surface area contributed by atoms with Crippen LogP contribution in [0.25, 0.3) is 0 Å². The van der Waals surface area contributed by atoms with Gasteiger partial charge in [0.05, 0.1) is 10.5 Å².